The Kier molecular flexibility index (Phi) is 9.24. The van der Waals surface area contributed by atoms with Crippen molar-refractivity contribution in [2.24, 2.45) is 11.8 Å². The van der Waals surface area contributed by atoms with E-state index in [0.717, 1.165) is 76.2 Å². The summed E-state index contributed by atoms with van der Waals surface area (Å²) in [6.07, 6.45) is 8.56. The van der Waals surface area contributed by atoms with Gasteiger partial charge in [0.05, 0.1) is 30.0 Å². The number of benzene rings is 2. The zero-order valence-corrected chi connectivity index (χ0v) is 27.9. The molecule has 9 nitrogen and oxygen atoms in total. The number of halogens is 1. The molecule has 2 aliphatic carbocycles. The number of amides is 1. The Morgan fingerprint density at radius 3 is 2.68 bits per heavy atom. The van der Waals surface area contributed by atoms with E-state index in [1.807, 2.05) is 19.1 Å². The van der Waals surface area contributed by atoms with Gasteiger partial charge in [-0.2, -0.15) is 9.97 Å². The smallest absolute Gasteiger partial charge is 0.319 e. The van der Waals surface area contributed by atoms with E-state index in [1.165, 1.54) is 25.3 Å². The number of hydrogen-bond donors (Lipinski definition) is 0. The standard InChI is InChI=1S/C37H43ClN6O3/c1-4-34(45)44-17-16-43(21-28(44)20-39-3)36-30-14-15-42(33-13-7-9-25-8-6-12-31(38)35(25)33)22-32(30)40-37(41-36)47-24(2)23-46-29-18-26-10-5-11-27(26)19-29/h4,6-9,12-13,24,26-29H,1,5,10-11,14-23H2,2H3/t24-,26?,27?,28-,29?/m0/s1. The first-order chi connectivity index (χ1) is 22.9. The van der Waals surface area contributed by atoms with Gasteiger partial charge in [0.1, 0.15) is 18.0 Å². The predicted octanol–water partition coefficient (Wildman–Crippen LogP) is 6.33. The monoisotopic (exact) mass is 654 g/mol. The number of piperazine rings is 1. The van der Waals surface area contributed by atoms with Crippen molar-refractivity contribution in [2.75, 3.05) is 49.1 Å². The van der Waals surface area contributed by atoms with Gasteiger partial charge >= 0.3 is 6.01 Å². The SMILES string of the molecule is [C-]#[N+]C[C@H]1CN(c2nc(O[C@@H](C)COC3CC4CCCC4C3)nc3c2CCN(c2cccc4cccc(Cl)c24)C3)CCN1C(=O)C=C. The lowest BCUT2D eigenvalue weighted by Gasteiger charge is -2.41. The van der Waals surface area contributed by atoms with Gasteiger partial charge < -0.3 is 29.0 Å². The second kappa shape index (κ2) is 13.7. The van der Waals surface area contributed by atoms with Gasteiger partial charge in [0, 0.05) is 42.8 Å². The Hall–Kier alpha value is -3.87. The Labute approximate surface area is 282 Å². The third kappa shape index (κ3) is 6.50. The van der Waals surface area contributed by atoms with Gasteiger partial charge in [-0.25, -0.2) is 6.57 Å². The van der Waals surface area contributed by atoms with Crippen LogP contribution in [0.5, 0.6) is 6.01 Å². The summed E-state index contributed by atoms with van der Waals surface area (Å²) in [5, 5.41) is 2.87. The highest BCUT2D eigenvalue weighted by molar-refractivity contribution is 6.36. The van der Waals surface area contributed by atoms with Crippen LogP contribution >= 0.6 is 11.6 Å². The molecule has 4 atom stereocenters. The van der Waals surface area contributed by atoms with Crippen molar-refractivity contribution >= 4 is 39.8 Å². The molecule has 3 heterocycles. The zero-order chi connectivity index (χ0) is 32.5. The first-order valence-corrected chi connectivity index (χ1v) is 17.4. The third-order valence-electron chi connectivity index (χ3n) is 10.6. The van der Waals surface area contributed by atoms with E-state index in [1.54, 1.807) is 4.90 Å². The van der Waals surface area contributed by atoms with Crippen LogP contribution in [-0.2, 0) is 22.5 Å². The molecule has 7 rings (SSSR count). The molecule has 0 spiro atoms. The van der Waals surface area contributed by atoms with Crippen molar-refractivity contribution < 1.29 is 14.3 Å². The third-order valence-corrected chi connectivity index (χ3v) is 10.9. The summed E-state index contributed by atoms with van der Waals surface area (Å²) >= 11 is 6.73. The molecule has 47 heavy (non-hydrogen) atoms. The first-order valence-electron chi connectivity index (χ1n) is 17.0. The minimum absolute atomic E-state index is 0.142. The molecule has 1 saturated heterocycles. The predicted molar refractivity (Wildman–Crippen MR) is 185 cm³/mol. The number of carbonyl (C=O) groups excluding carboxylic acids is 1. The van der Waals surface area contributed by atoms with Gasteiger partial charge in [-0.1, -0.05) is 61.7 Å². The number of aromatic nitrogens is 2. The Morgan fingerprint density at radius 1 is 1.13 bits per heavy atom. The summed E-state index contributed by atoms with van der Waals surface area (Å²) in [6.45, 7) is 16.9. The van der Waals surface area contributed by atoms with E-state index in [2.05, 4.69) is 45.5 Å². The topological polar surface area (TPSA) is 75.4 Å². The highest BCUT2D eigenvalue weighted by atomic mass is 35.5. The Bertz CT molecular complexity index is 1680. The number of fused-ring (bicyclic) bond motifs is 3. The van der Waals surface area contributed by atoms with Crippen LogP contribution in [0.3, 0.4) is 0 Å². The molecule has 0 bridgehead atoms. The number of ether oxygens (including phenoxy) is 2. The van der Waals surface area contributed by atoms with Crippen molar-refractivity contribution in [3.63, 3.8) is 0 Å². The van der Waals surface area contributed by atoms with Crippen LogP contribution in [0, 0.1) is 18.4 Å². The van der Waals surface area contributed by atoms with Crippen molar-refractivity contribution in [3.05, 3.63) is 76.8 Å². The molecule has 3 fully saturated rings. The molecular weight excluding hydrogens is 612 g/mol. The molecule has 1 aromatic heterocycles. The van der Waals surface area contributed by atoms with E-state index in [-0.39, 0.29) is 24.6 Å². The Balaban J connectivity index is 1.16. The summed E-state index contributed by atoms with van der Waals surface area (Å²) in [7, 11) is 0. The highest BCUT2D eigenvalue weighted by Crippen LogP contribution is 2.45. The van der Waals surface area contributed by atoms with Gasteiger partial charge in [-0.3, -0.25) is 4.79 Å². The van der Waals surface area contributed by atoms with E-state index >= 15 is 0 Å². The maximum absolute atomic E-state index is 12.6. The normalized spacial score (nSPS) is 24.5. The van der Waals surface area contributed by atoms with Crippen LogP contribution in [0.2, 0.25) is 5.02 Å². The Morgan fingerprint density at radius 2 is 1.91 bits per heavy atom. The lowest BCUT2D eigenvalue weighted by atomic mass is 10.0. The lowest BCUT2D eigenvalue weighted by molar-refractivity contribution is -0.128. The summed E-state index contributed by atoms with van der Waals surface area (Å²) in [4.78, 5) is 32.6. The van der Waals surface area contributed by atoms with Gasteiger partial charge in [-0.05, 0) is 61.6 Å². The number of carbonyl (C=O) groups is 1. The average molecular weight is 655 g/mol. The molecule has 0 N–H and O–H groups in total. The molecule has 2 unspecified atom stereocenters. The molecule has 3 aromatic rings. The molecule has 2 aliphatic heterocycles. The summed E-state index contributed by atoms with van der Waals surface area (Å²) in [6, 6.07) is 12.4. The second-order valence-electron chi connectivity index (χ2n) is 13.5. The molecule has 4 aliphatic rings. The van der Waals surface area contributed by atoms with Crippen molar-refractivity contribution in [1.82, 2.24) is 14.9 Å². The minimum Gasteiger partial charge on any atom is -0.458 e. The fraction of sp³-hybridized carbons (Fsp3) is 0.514. The number of rotatable bonds is 9. The van der Waals surface area contributed by atoms with Crippen LogP contribution in [0.15, 0.2) is 49.1 Å². The summed E-state index contributed by atoms with van der Waals surface area (Å²) < 4.78 is 12.8. The van der Waals surface area contributed by atoms with Crippen molar-refractivity contribution in [1.29, 1.82) is 0 Å². The fourth-order valence-electron chi connectivity index (χ4n) is 8.29. The average Bonchev–Trinajstić information content (AvgIpc) is 3.69. The first kappa shape index (κ1) is 31.7. The zero-order valence-electron chi connectivity index (χ0n) is 27.1. The van der Waals surface area contributed by atoms with Crippen molar-refractivity contribution in [3.8, 4) is 6.01 Å². The van der Waals surface area contributed by atoms with Gasteiger partial charge in [0.2, 0.25) is 12.5 Å². The largest absolute Gasteiger partial charge is 0.458 e. The van der Waals surface area contributed by atoms with Gasteiger partial charge in [0.25, 0.3) is 0 Å². The van der Waals surface area contributed by atoms with Gasteiger partial charge in [0.15, 0.2) is 0 Å². The van der Waals surface area contributed by atoms with Crippen LogP contribution < -0.4 is 14.5 Å². The number of hydrogen-bond acceptors (Lipinski definition) is 7. The molecule has 2 aromatic carbocycles. The maximum Gasteiger partial charge on any atom is 0.319 e. The van der Waals surface area contributed by atoms with Crippen LogP contribution in [0.4, 0.5) is 11.5 Å². The second-order valence-corrected chi connectivity index (χ2v) is 13.9. The fourth-order valence-corrected chi connectivity index (χ4v) is 8.57. The maximum atomic E-state index is 12.6. The summed E-state index contributed by atoms with van der Waals surface area (Å²) in [5.41, 5.74) is 3.09. The molecular formula is C37H43ClN6O3. The molecule has 2 saturated carbocycles. The van der Waals surface area contributed by atoms with Gasteiger partial charge in [-0.15, -0.1) is 0 Å². The van der Waals surface area contributed by atoms with E-state index in [0.29, 0.717) is 44.9 Å². The van der Waals surface area contributed by atoms with E-state index in [9.17, 15) is 4.79 Å². The molecule has 0 radical (unpaired) electrons. The number of anilines is 2. The van der Waals surface area contributed by atoms with Crippen LogP contribution in [0.1, 0.15) is 50.3 Å². The summed E-state index contributed by atoms with van der Waals surface area (Å²) in [5.74, 6) is 2.35. The van der Waals surface area contributed by atoms with E-state index in [4.69, 9.17) is 37.6 Å². The van der Waals surface area contributed by atoms with Crippen LogP contribution in [0.25, 0.3) is 15.6 Å². The quantitative estimate of drug-likeness (QED) is 0.197. The van der Waals surface area contributed by atoms with Crippen molar-refractivity contribution in [2.45, 2.75) is 70.2 Å². The minimum atomic E-state index is -0.252. The molecule has 10 heteroatoms. The highest BCUT2D eigenvalue weighted by Gasteiger charge is 2.38. The molecule has 1 amide bonds. The van der Waals surface area contributed by atoms with E-state index < -0.39 is 0 Å². The molecule has 246 valence electrons. The lowest BCUT2D eigenvalue weighted by Crippen LogP contribution is -2.56. The number of nitrogens with zero attached hydrogens (tertiary/aromatic N) is 6. The van der Waals surface area contributed by atoms with Crippen LogP contribution in [-0.4, -0.2) is 78.4 Å².